The van der Waals surface area contributed by atoms with Crippen LogP contribution in [0.4, 0.5) is 0 Å². The number of nitrogens with one attached hydrogen (secondary N) is 1. The summed E-state index contributed by atoms with van der Waals surface area (Å²) in [6.07, 6.45) is 7.41. The van der Waals surface area contributed by atoms with Crippen LogP contribution in [-0.4, -0.2) is 47.3 Å². The molecule has 1 atom stereocenters. The summed E-state index contributed by atoms with van der Waals surface area (Å²) < 4.78 is 10.4. The Labute approximate surface area is 146 Å². The molecule has 4 heterocycles. The van der Waals surface area contributed by atoms with E-state index in [-0.39, 0.29) is 11.7 Å². The molecule has 2 aromatic heterocycles. The molecule has 0 spiro atoms. The summed E-state index contributed by atoms with van der Waals surface area (Å²) in [7, 11) is 0. The van der Waals surface area contributed by atoms with Crippen molar-refractivity contribution in [2.24, 2.45) is 5.92 Å². The molecule has 2 aromatic rings. The van der Waals surface area contributed by atoms with E-state index in [1.54, 1.807) is 6.07 Å². The Morgan fingerprint density at radius 3 is 3.16 bits per heavy atom. The van der Waals surface area contributed by atoms with E-state index < -0.39 is 0 Å². The number of carbonyl (C=O) groups is 1. The molecule has 1 N–H and O–H groups in total. The quantitative estimate of drug-likeness (QED) is 0.884. The lowest BCUT2D eigenvalue weighted by Crippen LogP contribution is -2.35. The Kier molecular flexibility index (Phi) is 4.76. The van der Waals surface area contributed by atoms with Crippen LogP contribution in [0.15, 0.2) is 29.2 Å². The molecular formula is C18H22N4O3. The molecule has 4 rings (SSSR count). The van der Waals surface area contributed by atoms with E-state index >= 15 is 0 Å². The maximum atomic E-state index is 12.0. The van der Waals surface area contributed by atoms with Gasteiger partial charge < -0.3 is 14.6 Å². The number of hydrogen-bond acceptors (Lipinski definition) is 6. The molecule has 0 saturated carbocycles. The SMILES string of the molecule is O=C(NCc1cncc2c1CCN(C[C@@H]1CCOC1)C2)c1ccno1. The van der Waals surface area contributed by atoms with Gasteiger partial charge in [0.05, 0.1) is 12.8 Å². The molecule has 25 heavy (non-hydrogen) atoms. The summed E-state index contributed by atoms with van der Waals surface area (Å²) in [6.45, 7) is 5.28. The number of nitrogens with zero attached hydrogens (tertiary/aromatic N) is 3. The van der Waals surface area contributed by atoms with Crippen LogP contribution in [0.5, 0.6) is 0 Å². The van der Waals surface area contributed by atoms with Crippen molar-refractivity contribution in [2.75, 3.05) is 26.3 Å². The molecule has 2 aliphatic heterocycles. The molecule has 1 amide bonds. The maximum Gasteiger partial charge on any atom is 0.290 e. The average Bonchev–Trinajstić information content (AvgIpc) is 3.33. The van der Waals surface area contributed by atoms with Gasteiger partial charge in [-0.2, -0.15) is 0 Å². The van der Waals surface area contributed by atoms with E-state index in [1.165, 1.54) is 17.3 Å². The summed E-state index contributed by atoms with van der Waals surface area (Å²) in [6, 6.07) is 1.55. The van der Waals surface area contributed by atoms with Gasteiger partial charge in [0.25, 0.3) is 5.91 Å². The van der Waals surface area contributed by atoms with Gasteiger partial charge in [-0.15, -0.1) is 0 Å². The summed E-state index contributed by atoms with van der Waals surface area (Å²) in [5, 5.41) is 6.43. The largest absolute Gasteiger partial charge is 0.381 e. The minimum Gasteiger partial charge on any atom is -0.381 e. The molecular weight excluding hydrogens is 320 g/mol. The molecule has 0 aliphatic carbocycles. The van der Waals surface area contributed by atoms with Gasteiger partial charge in [-0.25, -0.2) is 0 Å². The van der Waals surface area contributed by atoms with Gasteiger partial charge in [0.15, 0.2) is 0 Å². The normalized spacial score (nSPS) is 20.4. The van der Waals surface area contributed by atoms with E-state index in [0.29, 0.717) is 12.5 Å². The van der Waals surface area contributed by atoms with Gasteiger partial charge in [-0.1, -0.05) is 5.16 Å². The smallest absolute Gasteiger partial charge is 0.290 e. The number of hydrogen-bond donors (Lipinski definition) is 1. The number of pyridine rings is 1. The summed E-state index contributed by atoms with van der Waals surface area (Å²) >= 11 is 0. The highest BCUT2D eigenvalue weighted by molar-refractivity contribution is 5.91. The molecule has 0 radical (unpaired) electrons. The van der Waals surface area contributed by atoms with Crippen LogP contribution in [0.3, 0.4) is 0 Å². The van der Waals surface area contributed by atoms with Gasteiger partial charge in [-0.3, -0.25) is 14.7 Å². The van der Waals surface area contributed by atoms with E-state index in [9.17, 15) is 4.79 Å². The third-order valence-electron chi connectivity index (χ3n) is 4.95. The van der Waals surface area contributed by atoms with Crippen LogP contribution in [0.1, 0.15) is 33.7 Å². The van der Waals surface area contributed by atoms with Gasteiger partial charge >= 0.3 is 0 Å². The summed E-state index contributed by atoms with van der Waals surface area (Å²) in [5.41, 5.74) is 3.65. The number of rotatable bonds is 5. The second-order valence-electron chi connectivity index (χ2n) is 6.71. The maximum absolute atomic E-state index is 12.0. The average molecular weight is 342 g/mol. The predicted molar refractivity (Wildman–Crippen MR) is 89.8 cm³/mol. The molecule has 0 unspecified atom stereocenters. The first-order valence-electron chi connectivity index (χ1n) is 8.73. The number of aromatic nitrogens is 2. The Morgan fingerprint density at radius 1 is 1.40 bits per heavy atom. The van der Waals surface area contributed by atoms with Crippen molar-refractivity contribution in [3.63, 3.8) is 0 Å². The molecule has 7 nitrogen and oxygen atoms in total. The fourth-order valence-corrected chi connectivity index (χ4v) is 3.62. The van der Waals surface area contributed by atoms with Crippen LogP contribution in [0.2, 0.25) is 0 Å². The van der Waals surface area contributed by atoms with Crippen molar-refractivity contribution < 1.29 is 14.1 Å². The highest BCUT2D eigenvalue weighted by atomic mass is 16.5. The van der Waals surface area contributed by atoms with Gasteiger partial charge in [0.1, 0.15) is 0 Å². The van der Waals surface area contributed by atoms with Crippen molar-refractivity contribution in [3.05, 3.63) is 47.1 Å². The van der Waals surface area contributed by atoms with Crippen LogP contribution in [0.25, 0.3) is 0 Å². The first kappa shape index (κ1) is 16.2. The Morgan fingerprint density at radius 2 is 2.36 bits per heavy atom. The van der Waals surface area contributed by atoms with Crippen molar-refractivity contribution >= 4 is 5.91 Å². The molecule has 2 aliphatic rings. The van der Waals surface area contributed by atoms with Crippen molar-refractivity contribution in [1.82, 2.24) is 20.4 Å². The highest BCUT2D eigenvalue weighted by Gasteiger charge is 2.24. The molecule has 0 bridgehead atoms. The lowest BCUT2D eigenvalue weighted by atomic mass is 9.96. The Bertz CT molecular complexity index is 726. The Balaban J connectivity index is 1.39. The lowest BCUT2D eigenvalue weighted by Gasteiger charge is -2.31. The minimum atomic E-state index is -0.256. The molecule has 1 fully saturated rings. The number of carbonyl (C=O) groups excluding carboxylic acids is 1. The zero-order valence-electron chi connectivity index (χ0n) is 14.1. The highest BCUT2D eigenvalue weighted by Crippen LogP contribution is 2.24. The summed E-state index contributed by atoms with van der Waals surface area (Å²) in [4.78, 5) is 18.9. The van der Waals surface area contributed by atoms with Crippen molar-refractivity contribution in [2.45, 2.75) is 25.9 Å². The topological polar surface area (TPSA) is 80.5 Å². The fourth-order valence-electron chi connectivity index (χ4n) is 3.62. The minimum absolute atomic E-state index is 0.225. The first-order chi connectivity index (χ1) is 12.3. The van der Waals surface area contributed by atoms with Gasteiger partial charge in [0, 0.05) is 51.2 Å². The van der Waals surface area contributed by atoms with Crippen molar-refractivity contribution in [3.8, 4) is 0 Å². The second-order valence-corrected chi connectivity index (χ2v) is 6.71. The van der Waals surface area contributed by atoms with E-state index in [0.717, 1.165) is 51.3 Å². The number of ether oxygens (including phenoxy) is 1. The monoisotopic (exact) mass is 342 g/mol. The molecule has 1 saturated heterocycles. The van der Waals surface area contributed by atoms with Crippen molar-refractivity contribution in [1.29, 1.82) is 0 Å². The van der Waals surface area contributed by atoms with E-state index in [4.69, 9.17) is 9.26 Å². The Hall–Kier alpha value is -2.25. The lowest BCUT2D eigenvalue weighted by molar-refractivity contribution is 0.0913. The number of amides is 1. The predicted octanol–water partition coefficient (Wildman–Crippen LogP) is 1.39. The van der Waals surface area contributed by atoms with Crippen LogP contribution in [0, 0.1) is 5.92 Å². The first-order valence-corrected chi connectivity index (χ1v) is 8.73. The molecule has 132 valence electrons. The molecule has 7 heteroatoms. The molecule has 0 aromatic carbocycles. The zero-order chi connectivity index (χ0) is 17.1. The second kappa shape index (κ2) is 7.33. The standard InChI is InChI=1S/C18H22N4O3/c23-18(17-1-4-21-25-17)20-9-14-7-19-8-15-11-22(5-2-16(14)15)10-13-3-6-24-12-13/h1,4,7-8,13H,2-3,5-6,9-12H2,(H,20,23)/t13-/m0/s1. The fraction of sp³-hybridized carbons (Fsp3) is 0.500. The number of fused-ring (bicyclic) bond motifs is 1. The van der Waals surface area contributed by atoms with Gasteiger partial charge in [-0.05, 0) is 35.4 Å². The van der Waals surface area contributed by atoms with Gasteiger partial charge in [0.2, 0.25) is 5.76 Å². The zero-order valence-corrected chi connectivity index (χ0v) is 14.1. The van der Waals surface area contributed by atoms with Crippen LogP contribution < -0.4 is 5.32 Å². The van der Waals surface area contributed by atoms with Crippen LogP contribution >= 0.6 is 0 Å². The third kappa shape index (κ3) is 3.72. The summed E-state index contributed by atoms with van der Waals surface area (Å²) in [5.74, 6) is 0.621. The van der Waals surface area contributed by atoms with Crippen LogP contribution in [-0.2, 0) is 24.2 Å². The van der Waals surface area contributed by atoms with E-state index in [2.05, 4.69) is 20.4 Å². The van der Waals surface area contributed by atoms with E-state index in [1.807, 2.05) is 12.4 Å². The third-order valence-corrected chi connectivity index (χ3v) is 4.95.